The van der Waals surface area contributed by atoms with Gasteiger partial charge in [-0.3, -0.25) is 4.79 Å². The fourth-order valence-corrected chi connectivity index (χ4v) is 3.65. The molecule has 0 saturated carbocycles. The summed E-state index contributed by atoms with van der Waals surface area (Å²) in [6.07, 6.45) is 0.0566. The van der Waals surface area contributed by atoms with Crippen molar-refractivity contribution in [2.45, 2.75) is 65.0 Å². The van der Waals surface area contributed by atoms with E-state index in [4.69, 9.17) is 9.47 Å². The molecule has 0 aliphatic carbocycles. The van der Waals surface area contributed by atoms with E-state index in [9.17, 15) is 14.7 Å². The van der Waals surface area contributed by atoms with Gasteiger partial charge in [0.1, 0.15) is 24.0 Å². The molecule has 2 amide bonds. The van der Waals surface area contributed by atoms with Crippen LogP contribution < -0.4 is 20.7 Å². The third-order valence-corrected chi connectivity index (χ3v) is 5.43. The molecule has 4 N–H and O–H groups in total. The summed E-state index contributed by atoms with van der Waals surface area (Å²) in [5.74, 6) is 0.448. The quantitative estimate of drug-likeness (QED) is 0.449. The van der Waals surface area contributed by atoms with Crippen LogP contribution in [0.3, 0.4) is 0 Å². The van der Waals surface area contributed by atoms with Gasteiger partial charge in [0, 0.05) is 18.3 Å². The van der Waals surface area contributed by atoms with Crippen LogP contribution in [0.4, 0.5) is 10.5 Å². The van der Waals surface area contributed by atoms with Gasteiger partial charge in [0.05, 0.1) is 12.6 Å². The lowest BCUT2D eigenvalue weighted by Crippen LogP contribution is -2.49. The van der Waals surface area contributed by atoms with E-state index in [-0.39, 0.29) is 18.6 Å². The van der Waals surface area contributed by atoms with E-state index >= 15 is 0 Å². The van der Waals surface area contributed by atoms with E-state index in [0.29, 0.717) is 30.9 Å². The Morgan fingerprint density at radius 3 is 2.46 bits per heavy atom. The number of rotatable bonds is 7. The summed E-state index contributed by atoms with van der Waals surface area (Å²) in [6, 6.07) is 12.5. The minimum absolute atomic E-state index is 0.143. The van der Waals surface area contributed by atoms with Gasteiger partial charge >= 0.3 is 6.09 Å². The molecule has 3 rings (SSSR count). The average Bonchev–Trinajstić information content (AvgIpc) is 2.78. The summed E-state index contributed by atoms with van der Waals surface area (Å²) in [4.78, 5) is 24.4. The minimum atomic E-state index is -0.597. The Kier molecular flexibility index (Phi) is 8.40. The third kappa shape index (κ3) is 7.75. The predicted molar refractivity (Wildman–Crippen MR) is 135 cm³/mol. The molecule has 0 saturated heterocycles. The van der Waals surface area contributed by atoms with E-state index in [1.54, 1.807) is 6.92 Å². The van der Waals surface area contributed by atoms with Crippen LogP contribution in [0.5, 0.6) is 5.75 Å². The molecule has 2 atom stereocenters. The average molecular weight is 482 g/mol. The lowest BCUT2D eigenvalue weighted by Gasteiger charge is -2.28. The normalized spacial score (nSPS) is 17.7. The van der Waals surface area contributed by atoms with Gasteiger partial charge < -0.3 is 30.5 Å². The molecule has 1 aliphatic rings. The molecule has 1 aliphatic heterocycles. The molecule has 2 aromatic carbocycles. The molecule has 188 valence electrons. The van der Waals surface area contributed by atoms with E-state index < -0.39 is 17.7 Å². The molecule has 0 unspecified atom stereocenters. The smallest absolute Gasteiger partial charge is 0.407 e. The number of hydrogen-bond acceptors (Lipinski definition) is 6. The summed E-state index contributed by atoms with van der Waals surface area (Å²) < 4.78 is 11.2. The highest BCUT2D eigenvalue weighted by molar-refractivity contribution is 5.88. The van der Waals surface area contributed by atoms with Gasteiger partial charge in [-0.1, -0.05) is 36.9 Å². The van der Waals surface area contributed by atoms with Crippen molar-refractivity contribution in [1.29, 1.82) is 0 Å². The molecule has 0 aromatic heterocycles. The monoisotopic (exact) mass is 481 g/mol. The van der Waals surface area contributed by atoms with Gasteiger partial charge in [0.2, 0.25) is 5.91 Å². The number of hydrogen-bond donors (Lipinski definition) is 4. The van der Waals surface area contributed by atoms with E-state index in [1.807, 2.05) is 63.2 Å². The zero-order valence-corrected chi connectivity index (χ0v) is 20.8. The number of carbonyl (C=O) groups is 2. The lowest BCUT2D eigenvalue weighted by molar-refractivity contribution is -0.122. The Balaban J connectivity index is 1.62. The molecule has 2 aromatic rings. The van der Waals surface area contributed by atoms with Crippen LogP contribution in [0.15, 0.2) is 54.6 Å². The number of benzene rings is 2. The van der Waals surface area contributed by atoms with Crippen LogP contribution in [-0.4, -0.2) is 41.4 Å². The first-order valence-corrected chi connectivity index (χ1v) is 11.7. The number of nitrogens with one attached hydrogen (secondary N) is 3. The lowest BCUT2D eigenvalue weighted by atomic mass is 9.99. The van der Waals surface area contributed by atoms with Crippen LogP contribution in [0, 0.1) is 0 Å². The molecule has 35 heavy (non-hydrogen) atoms. The number of fused-ring (bicyclic) bond motifs is 1. The van der Waals surface area contributed by atoms with Crippen LogP contribution in [-0.2, 0) is 29.1 Å². The summed E-state index contributed by atoms with van der Waals surface area (Å²) in [6.45, 7) is 11.8. The van der Waals surface area contributed by atoms with Crippen molar-refractivity contribution in [2.75, 3.05) is 11.9 Å². The molecule has 0 fully saturated rings. The number of amides is 2. The summed E-state index contributed by atoms with van der Waals surface area (Å²) in [5, 5.41) is 18.5. The first-order valence-electron chi connectivity index (χ1n) is 11.7. The fraction of sp³-hybridized carbons (Fsp3) is 0.407. The molecule has 8 nitrogen and oxygen atoms in total. The highest BCUT2D eigenvalue weighted by Crippen LogP contribution is 2.27. The van der Waals surface area contributed by atoms with E-state index in [1.165, 1.54) is 0 Å². The maximum atomic E-state index is 12.5. The molecule has 0 spiro atoms. The fourth-order valence-electron chi connectivity index (χ4n) is 3.65. The van der Waals surface area contributed by atoms with Gasteiger partial charge in [-0.25, -0.2) is 4.79 Å². The second-order valence-electron chi connectivity index (χ2n) is 9.80. The first kappa shape index (κ1) is 26.1. The molecular weight excluding hydrogens is 446 g/mol. The number of alkyl carbamates (subject to hydrolysis) is 1. The van der Waals surface area contributed by atoms with E-state index in [0.717, 1.165) is 22.4 Å². The maximum absolute atomic E-state index is 12.5. The second kappa shape index (κ2) is 11.3. The van der Waals surface area contributed by atoms with Crippen molar-refractivity contribution in [3.05, 3.63) is 71.3 Å². The number of ether oxygens (including phenoxy) is 2. The summed E-state index contributed by atoms with van der Waals surface area (Å²) >= 11 is 0. The Labute approximate surface area is 206 Å². The highest BCUT2D eigenvalue weighted by Gasteiger charge is 2.26. The number of anilines is 1. The van der Waals surface area contributed by atoms with Crippen molar-refractivity contribution in [2.24, 2.45) is 0 Å². The largest absolute Gasteiger partial charge is 0.489 e. The minimum Gasteiger partial charge on any atom is -0.489 e. The van der Waals surface area contributed by atoms with Crippen molar-refractivity contribution in [1.82, 2.24) is 10.6 Å². The zero-order valence-electron chi connectivity index (χ0n) is 20.8. The number of aliphatic hydroxyl groups is 1. The molecule has 8 heteroatoms. The highest BCUT2D eigenvalue weighted by atomic mass is 16.6. The van der Waals surface area contributed by atoms with Crippen molar-refractivity contribution in [3.63, 3.8) is 0 Å². The van der Waals surface area contributed by atoms with Gasteiger partial charge in [-0.15, -0.1) is 0 Å². The maximum Gasteiger partial charge on any atom is 0.407 e. The van der Waals surface area contributed by atoms with Crippen LogP contribution in [0.2, 0.25) is 0 Å². The topological polar surface area (TPSA) is 109 Å². The number of aliphatic hydroxyl groups excluding tert-OH is 1. The first-order chi connectivity index (χ1) is 16.5. The van der Waals surface area contributed by atoms with Gasteiger partial charge in [0.15, 0.2) is 0 Å². The van der Waals surface area contributed by atoms with Crippen LogP contribution in [0.25, 0.3) is 0 Å². The summed E-state index contributed by atoms with van der Waals surface area (Å²) in [5.41, 5.74) is 3.84. The molecule has 1 heterocycles. The van der Waals surface area contributed by atoms with Crippen molar-refractivity contribution >= 4 is 17.7 Å². The number of carbonyl (C=O) groups excluding carboxylic acids is 2. The standard InChI is InChI=1S/C27H35N3O5/c1-17(2)24-25(32)29-21(15-31)12-20-10-11-22(13-23(20)30-24)34-16-19-8-6-18(7-9-19)14-28-26(33)35-27(3,4)5/h6-11,13,21,24,30-31H,1,12,14-16H2,2-5H3,(H,28,33)(H,29,32)/t21-,24-/m0/s1. The summed E-state index contributed by atoms with van der Waals surface area (Å²) in [7, 11) is 0. The zero-order chi connectivity index (χ0) is 25.6. The van der Waals surface area contributed by atoms with Crippen LogP contribution >= 0.6 is 0 Å². The van der Waals surface area contributed by atoms with Gasteiger partial charge in [-0.05, 0) is 62.4 Å². The Morgan fingerprint density at radius 2 is 1.83 bits per heavy atom. The Bertz CT molecular complexity index is 1060. The van der Waals surface area contributed by atoms with Crippen molar-refractivity contribution in [3.8, 4) is 5.75 Å². The third-order valence-electron chi connectivity index (χ3n) is 5.43. The van der Waals surface area contributed by atoms with E-state index in [2.05, 4.69) is 22.5 Å². The SMILES string of the molecule is C=C(C)[C@@H]1Nc2cc(OCc3ccc(CNC(=O)OC(C)(C)C)cc3)ccc2C[C@@H](CO)NC1=O. The van der Waals surface area contributed by atoms with Crippen LogP contribution in [0.1, 0.15) is 44.4 Å². The molecule has 0 bridgehead atoms. The second-order valence-corrected chi connectivity index (χ2v) is 9.80. The Hall–Kier alpha value is -3.52. The molecular formula is C27H35N3O5. The van der Waals surface area contributed by atoms with Crippen molar-refractivity contribution < 1.29 is 24.2 Å². The predicted octanol–water partition coefficient (Wildman–Crippen LogP) is 3.68. The van der Waals surface area contributed by atoms with Gasteiger partial charge in [-0.2, -0.15) is 0 Å². The van der Waals surface area contributed by atoms with Gasteiger partial charge in [0.25, 0.3) is 0 Å². The Morgan fingerprint density at radius 1 is 1.14 bits per heavy atom. The molecule has 0 radical (unpaired) electrons.